The van der Waals surface area contributed by atoms with Crippen molar-refractivity contribution in [3.63, 3.8) is 0 Å². The minimum Gasteiger partial charge on any atom is -0.496 e. The first-order valence-corrected chi connectivity index (χ1v) is 5.70. The number of aryl methyl sites for hydroxylation is 1. The molecule has 1 aromatic carbocycles. The monoisotopic (exact) mass is 235 g/mol. The van der Waals surface area contributed by atoms with Crippen molar-refractivity contribution in [1.29, 1.82) is 0 Å². The quantitative estimate of drug-likeness (QED) is 0.623. The zero-order chi connectivity index (χ0) is 12.0. The Kier molecular flexibility index (Phi) is 5.12. The van der Waals surface area contributed by atoms with E-state index in [0.717, 1.165) is 28.2 Å². The van der Waals surface area contributed by atoms with E-state index in [-0.39, 0.29) is 0 Å². The van der Waals surface area contributed by atoms with E-state index in [1.807, 2.05) is 38.3 Å². The van der Waals surface area contributed by atoms with Crippen molar-refractivity contribution < 1.29 is 4.74 Å². The molecule has 0 aromatic heterocycles. The standard InChI is InChI=1S/C13H17NOS/c1-4-8-14-9-12(16)11-7-5-6-10(2)13(11)15-3/h5-9,16H,4H2,1-3H3/b12-9-,14-8?. The van der Waals surface area contributed by atoms with E-state index in [1.54, 1.807) is 13.3 Å². The summed E-state index contributed by atoms with van der Waals surface area (Å²) in [5.41, 5.74) is 2.07. The summed E-state index contributed by atoms with van der Waals surface area (Å²) in [5.74, 6) is 0.857. The van der Waals surface area contributed by atoms with Gasteiger partial charge in [-0.3, -0.25) is 4.99 Å². The Balaban J connectivity index is 3.08. The second kappa shape index (κ2) is 6.38. The van der Waals surface area contributed by atoms with E-state index < -0.39 is 0 Å². The zero-order valence-corrected chi connectivity index (χ0v) is 10.8. The first kappa shape index (κ1) is 12.8. The lowest BCUT2D eigenvalue weighted by Gasteiger charge is -2.10. The molecule has 0 amide bonds. The first-order chi connectivity index (χ1) is 7.70. The molecule has 0 atom stereocenters. The second-order valence-corrected chi connectivity index (χ2v) is 3.89. The normalized spacial score (nSPS) is 12.1. The lowest BCUT2D eigenvalue weighted by molar-refractivity contribution is 0.410. The van der Waals surface area contributed by atoms with Gasteiger partial charge in [-0.1, -0.05) is 25.1 Å². The molecular formula is C13H17NOS. The van der Waals surface area contributed by atoms with E-state index in [4.69, 9.17) is 4.74 Å². The summed E-state index contributed by atoms with van der Waals surface area (Å²) in [5, 5.41) is 0. The van der Waals surface area contributed by atoms with Gasteiger partial charge in [0.05, 0.1) is 7.11 Å². The van der Waals surface area contributed by atoms with Crippen LogP contribution in [0.15, 0.2) is 29.4 Å². The van der Waals surface area contributed by atoms with Crippen molar-refractivity contribution in [3.05, 3.63) is 35.5 Å². The summed E-state index contributed by atoms with van der Waals surface area (Å²) in [6.45, 7) is 4.06. The molecule has 0 aliphatic carbocycles. The Morgan fingerprint density at radius 2 is 2.25 bits per heavy atom. The molecule has 0 unspecified atom stereocenters. The summed E-state index contributed by atoms with van der Waals surface area (Å²) < 4.78 is 5.36. The van der Waals surface area contributed by atoms with Crippen LogP contribution >= 0.6 is 12.6 Å². The van der Waals surface area contributed by atoms with Gasteiger partial charge in [0.1, 0.15) is 5.75 Å². The predicted octanol–water partition coefficient (Wildman–Crippen LogP) is 3.71. The minimum absolute atomic E-state index is 0.810. The number of methoxy groups -OCH3 is 1. The Morgan fingerprint density at radius 3 is 2.88 bits per heavy atom. The van der Waals surface area contributed by atoms with Crippen molar-refractivity contribution in [3.8, 4) is 5.75 Å². The molecule has 86 valence electrons. The van der Waals surface area contributed by atoms with Crippen LogP contribution in [0.3, 0.4) is 0 Å². The lowest BCUT2D eigenvalue weighted by Crippen LogP contribution is -1.91. The molecule has 16 heavy (non-hydrogen) atoms. The van der Waals surface area contributed by atoms with Crippen LogP contribution in [0.25, 0.3) is 4.91 Å². The van der Waals surface area contributed by atoms with Crippen LogP contribution < -0.4 is 4.74 Å². The average Bonchev–Trinajstić information content (AvgIpc) is 2.29. The number of para-hydroxylation sites is 1. The van der Waals surface area contributed by atoms with E-state index in [0.29, 0.717) is 0 Å². The van der Waals surface area contributed by atoms with Crippen molar-refractivity contribution >= 4 is 23.7 Å². The van der Waals surface area contributed by atoms with Gasteiger partial charge < -0.3 is 4.74 Å². The van der Waals surface area contributed by atoms with Crippen molar-refractivity contribution in [2.75, 3.05) is 7.11 Å². The summed E-state index contributed by atoms with van der Waals surface area (Å²) in [6, 6.07) is 5.98. The largest absolute Gasteiger partial charge is 0.496 e. The molecule has 0 saturated heterocycles. The summed E-state index contributed by atoms with van der Waals surface area (Å²) >= 11 is 4.43. The van der Waals surface area contributed by atoms with Gasteiger partial charge in [0.2, 0.25) is 0 Å². The summed E-state index contributed by atoms with van der Waals surface area (Å²) in [7, 11) is 1.67. The fourth-order valence-corrected chi connectivity index (χ4v) is 1.67. The van der Waals surface area contributed by atoms with Crippen LogP contribution in [-0.4, -0.2) is 13.3 Å². The molecule has 0 fully saturated rings. The minimum atomic E-state index is 0.810. The van der Waals surface area contributed by atoms with Crippen LogP contribution in [0.4, 0.5) is 0 Å². The fraction of sp³-hybridized carbons (Fsp3) is 0.308. The first-order valence-electron chi connectivity index (χ1n) is 5.25. The third kappa shape index (κ3) is 3.14. The molecule has 0 aliphatic rings. The van der Waals surface area contributed by atoms with Gasteiger partial charge in [-0.05, 0) is 18.9 Å². The number of thiol groups is 1. The van der Waals surface area contributed by atoms with E-state index >= 15 is 0 Å². The van der Waals surface area contributed by atoms with Crippen LogP contribution in [-0.2, 0) is 0 Å². The highest BCUT2D eigenvalue weighted by Crippen LogP contribution is 2.31. The average molecular weight is 235 g/mol. The molecule has 0 N–H and O–H groups in total. The molecule has 1 aromatic rings. The van der Waals surface area contributed by atoms with Crippen LogP contribution in [0.1, 0.15) is 24.5 Å². The second-order valence-electron chi connectivity index (χ2n) is 3.41. The lowest BCUT2D eigenvalue weighted by atomic mass is 10.1. The van der Waals surface area contributed by atoms with Gasteiger partial charge >= 0.3 is 0 Å². The van der Waals surface area contributed by atoms with E-state index in [2.05, 4.69) is 17.6 Å². The highest BCUT2D eigenvalue weighted by Gasteiger charge is 2.07. The maximum Gasteiger partial charge on any atom is 0.130 e. The number of ether oxygens (including phenoxy) is 1. The molecule has 3 heteroatoms. The maximum absolute atomic E-state index is 5.36. The number of aliphatic imine (C=N–C) groups is 1. The van der Waals surface area contributed by atoms with Crippen molar-refractivity contribution in [2.45, 2.75) is 20.3 Å². The number of hydrogen-bond acceptors (Lipinski definition) is 3. The Hall–Kier alpha value is -1.22. The highest BCUT2D eigenvalue weighted by molar-refractivity contribution is 7.90. The van der Waals surface area contributed by atoms with Crippen LogP contribution in [0.2, 0.25) is 0 Å². The molecule has 0 heterocycles. The van der Waals surface area contributed by atoms with E-state index in [1.165, 1.54) is 0 Å². The molecule has 2 nitrogen and oxygen atoms in total. The zero-order valence-electron chi connectivity index (χ0n) is 9.90. The molecule has 0 spiro atoms. The van der Waals surface area contributed by atoms with Gasteiger partial charge in [0.15, 0.2) is 0 Å². The molecule has 0 radical (unpaired) electrons. The fourth-order valence-electron chi connectivity index (χ4n) is 1.42. The third-order valence-electron chi connectivity index (χ3n) is 2.18. The Labute approximate surface area is 102 Å². The molecule has 0 aliphatic heterocycles. The van der Waals surface area contributed by atoms with Crippen LogP contribution in [0.5, 0.6) is 5.75 Å². The van der Waals surface area contributed by atoms with Gasteiger partial charge in [-0.2, -0.15) is 0 Å². The predicted molar refractivity (Wildman–Crippen MR) is 73.5 cm³/mol. The van der Waals surface area contributed by atoms with Crippen molar-refractivity contribution in [2.24, 2.45) is 4.99 Å². The summed E-state index contributed by atoms with van der Waals surface area (Å²) in [4.78, 5) is 4.96. The molecule has 0 bridgehead atoms. The molecule has 1 rings (SSSR count). The molecule has 0 saturated carbocycles. The van der Waals surface area contributed by atoms with Crippen LogP contribution in [0, 0.1) is 6.92 Å². The van der Waals surface area contributed by atoms with Gasteiger partial charge in [0, 0.05) is 22.9 Å². The van der Waals surface area contributed by atoms with Crippen molar-refractivity contribution in [1.82, 2.24) is 0 Å². The third-order valence-corrected chi connectivity index (χ3v) is 2.53. The Bertz CT molecular complexity index is 410. The van der Waals surface area contributed by atoms with Gasteiger partial charge in [-0.15, -0.1) is 12.6 Å². The maximum atomic E-state index is 5.36. The van der Waals surface area contributed by atoms with Gasteiger partial charge in [-0.25, -0.2) is 0 Å². The SMILES string of the molecule is CCC=N/C=C(\S)c1cccc(C)c1OC. The van der Waals surface area contributed by atoms with E-state index in [9.17, 15) is 0 Å². The molecular weight excluding hydrogens is 218 g/mol. The number of rotatable bonds is 4. The Morgan fingerprint density at radius 1 is 1.50 bits per heavy atom. The van der Waals surface area contributed by atoms with Gasteiger partial charge in [0.25, 0.3) is 0 Å². The number of benzene rings is 1. The smallest absolute Gasteiger partial charge is 0.130 e. The topological polar surface area (TPSA) is 21.6 Å². The summed E-state index contributed by atoms with van der Waals surface area (Å²) in [6.07, 6.45) is 4.50. The number of nitrogens with zero attached hydrogens (tertiary/aromatic N) is 1. The number of hydrogen-bond donors (Lipinski definition) is 1. The highest BCUT2D eigenvalue weighted by atomic mass is 32.1.